The van der Waals surface area contributed by atoms with Gasteiger partial charge in [0.15, 0.2) is 0 Å². The van der Waals surface area contributed by atoms with Crippen LogP contribution in [0.4, 0.5) is 0 Å². The smallest absolute Gasteiger partial charge is 0.305 e. The highest BCUT2D eigenvalue weighted by molar-refractivity contribution is 5.76. The Bertz CT molecular complexity index is 336. The molecule has 0 aromatic rings. The van der Waals surface area contributed by atoms with Crippen LogP contribution in [0.25, 0.3) is 0 Å². The van der Waals surface area contributed by atoms with E-state index in [-0.39, 0.29) is 11.9 Å². The van der Waals surface area contributed by atoms with E-state index in [1.54, 1.807) is 0 Å². The molecule has 5 heteroatoms. The van der Waals surface area contributed by atoms with E-state index in [9.17, 15) is 9.59 Å². The van der Waals surface area contributed by atoms with Crippen LogP contribution in [0.2, 0.25) is 0 Å². The third-order valence-electron chi connectivity index (χ3n) is 3.89. The third kappa shape index (κ3) is 9.21. The van der Waals surface area contributed by atoms with Crippen molar-refractivity contribution in [2.45, 2.75) is 70.6 Å². The Morgan fingerprint density at radius 1 is 1.10 bits per heavy atom. The van der Waals surface area contributed by atoms with E-state index in [1.807, 2.05) is 6.21 Å². The minimum Gasteiger partial charge on any atom is -0.469 e. The normalized spacial score (nSPS) is 16.0. The predicted octanol–water partition coefficient (Wildman–Crippen LogP) is 3.18. The Labute approximate surface area is 127 Å². The van der Waals surface area contributed by atoms with E-state index in [1.165, 1.54) is 39.2 Å². The summed E-state index contributed by atoms with van der Waals surface area (Å²) in [7, 11) is 1.40. The number of hydrogen-bond donors (Lipinski definition) is 1. The number of carbonyl (C=O) groups excluding carboxylic acids is 2. The fourth-order valence-corrected chi connectivity index (χ4v) is 2.56. The van der Waals surface area contributed by atoms with Crippen LogP contribution >= 0.6 is 0 Å². The molecule has 1 aliphatic carbocycles. The molecular weight excluding hydrogens is 268 g/mol. The van der Waals surface area contributed by atoms with Gasteiger partial charge in [0.05, 0.1) is 7.11 Å². The maximum absolute atomic E-state index is 11.6. The third-order valence-corrected chi connectivity index (χ3v) is 3.89. The van der Waals surface area contributed by atoms with Crippen molar-refractivity contribution in [2.75, 3.05) is 7.11 Å². The SMILES string of the molecule is COC(=O)CCCCCCC(=O)N/N=C/C1CCCCC1. The summed E-state index contributed by atoms with van der Waals surface area (Å²) in [5.41, 5.74) is 2.60. The van der Waals surface area contributed by atoms with Crippen molar-refractivity contribution in [1.29, 1.82) is 0 Å². The molecule has 0 heterocycles. The van der Waals surface area contributed by atoms with Gasteiger partial charge in [-0.1, -0.05) is 32.1 Å². The number of amides is 1. The molecule has 120 valence electrons. The number of rotatable bonds is 9. The summed E-state index contributed by atoms with van der Waals surface area (Å²) in [6.07, 6.45) is 12.7. The molecule has 0 aromatic carbocycles. The van der Waals surface area contributed by atoms with Crippen molar-refractivity contribution >= 4 is 18.1 Å². The zero-order valence-corrected chi connectivity index (χ0v) is 13.1. The maximum Gasteiger partial charge on any atom is 0.305 e. The number of hydrogen-bond acceptors (Lipinski definition) is 4. The minimum absolute atomic E-state index is 0.0185. The monoisotopic (exact) mass is 296 g/mol. The van der Waals surface area contributed by atoms with Gasteiger partial charge in [0.1, 0.15) is 0 Å². The summed E-state index contributed by atoms with van der Waals surface area (Å²) in [5.74, 6) is 0.359. The van der Waals surface area contributed by atoms with Gasteiger partial charge in [-0.2, -0.15) is 5.10 Å². The van der Waals surface area contributed by atoms with E-state index < -0.39 is 0 Å². The molecule has 5 nitrogen and oxygen atoms in total. The number of hydrazone groups is 1. The number of nitrogens with zero attached hydrogens (tertiary/aromatic N) is 1. The number of carbonyl (C=O) groups is 2. The van der Waals surface area contributed by atoms with Crippen LogP contribution in [-0.4, -0.2) is 25.2 Å². The molecule has 1 aliphatic rings. The summed E-state index contributed by atoms with van der Waals surface area (Å²) in [6.45, 7) is 0. The van der Waals surface area contributed by atoms with Gasteiger partial charge in [-0.25, -0.2) is 5.43 Å². The Balaban J connectivity index is 1.96. The topological polar surface area (TPSA) is 67.8 Å². The second-order valence-corrected chi connectivity index (χ2v) is 5.70. The van der Waals surface area contributed by atoms with E-state index >= 15 is 0 Å². The summed E-state index contributed by atoms with van der Waals surface area (Å²) < 4.78 is 4.57. The number of unbranched alkanes of at least 4 members (excludes halogenated alkanes) is 3. The van der Waals surface area contributed by atoms with Crippen LogP contribution in [0.15, 0.2) is 5.10 Å². The molecule has 0 bridgehead atoms. The van der Waals surface area contributed by atoms with Crippen LogP contribution < -0.4 is 5.43 Å². The van der Waals surface area contributed by atoms with Gasteiger partial charge in [-0.05, 0) is 31.6 Å². The second kappa shape index (κ2) is 11.3. The lowest BCUT2D eigenvalue weighted by Gasteiger charge is -2.16. The summed E-state index contributed by atoms with van der Waals surface area (Å²) in [4.78, 5) is 22.5. The molecule has 0 spiro atoms. The molecule has 1 amide bonds. The lowest BCUT2D eigenvalue weighted by Crippen LogP contribution is -2.18. The van der Waals surface area contributed by atoms with Crippen molar-refractivity contribution < 1.29 is 14.3 Å². The highest BCUT2D eigenvalue weighted by Gasteiger charge is 2.10. The van der Waals surface area contributed by atoms with Gasteiger partial charge in [0, 0.05) is 19.1 Å². The first-order chi connectivity index (χ1) is 10.2. The van der Waals surface area contributed by atoms with Gasteiger partial charge < -0.3 is 4.74 Å². The standard InChI is InChI=1S/C16H28N2O3/c1-21-16(20)12-8-3-2-7-11-15(19)18-17-13-14-9-5-4-6-10-14/h13-14H,2-12H2,1H3,(H,18,19)/b17-13+. The van der Waals surface area contributed by atoms with Crippen LogP contribution in [-0.2, 0) is 14.3 Å². The van der Waals surface area contributed by atoms with Crippen molar-refractivity contribution in [1.82, 2.24) is 5.43 Å². The Morgan fingerprint density at radius 3 is 2.43 bits per heavy atom. The lowest BCUT2D eigenvalue weighted by atomic mass is 9.90. The zero-order valence-electron chi connectivity index (χ0n) is 13.1. The predicted molar refractivity (Wildman–Crippen MR) is 82.9 cm³/mol. The number of ether oxygens (including phenoxy) is 1. The van der Waals surface area contributed by atoms with Crippen molar-refractivity contribution in [2.24, 2.45) is 11.0 Å². The van der Waals surface area contributed by atoms with Gasteiger partial charge >= 0.3 is 5.97 Å². The van der Waals surface area contributed by atoms with Gasteiger partial charge in [-0.15, -0.1) is 0 Å². The van der Waals surface area contributed by atoms with Crippen molar-refractivity contribution in [3.63, 3.8) is 0 Å². The number of esters is 1. The summed E-state index contributed by atoms with van der Waals surface area (Å²) >= 11 is 0. The molecule has 21 heavy (non-hydrogen) atoms. The van der Waals surface area contributed by atoms with E-state index in [0.717, 1.165) is 25.7 Å². The molecule has 1 saturated carbocycles. The van der Waals surface area contributed by atoms with E-state index in [0.29, 0.717) is 18.8 Å². The molecule has 0 saturated heterocycles. The van der Waals surface area contributed by atoms with E-state index in [4.69, 9.17) is 0 Å². The molecule has 0 aromatic heterocycles. The molecule has 0 atom stereocenters. The van der Waals surface area contributed by atoms with Gasteiger partial charge in [-0.3, -0.25) is 9.59 Å². The molecule has 0 radical (unpaired) electrons. The summed E-state index contributed by atoms with van der Waals surface area (Å²) in [5, 5.41) is 4.06. The fraction of sp³-hybridized carbons (Fsp3) is 0.812. The average Bonchev–Trinajstić information content (AvgIpc) is 2.51. The average molecular weight is 296 g/mol. The first kappa shape index (κ1) is 17.7. The van der Waals surface area contributed by atoms with Crippen molar-refractivity contribution in [3.8, 4) is 0 Å². The second-order valence-electron chi connectivity index (χ2n) is 5.70. The van der Waals surface area contributed by atoms with Gasteiger partial charge in [0.25, 0.3) is 0 Å². The largest absolute Gasteiger partial charge is 0.469 e. The van der Waals surface area contributed by atoms with Crippen LogP contribution in [0, 0.1) is 5.92 Å². The summed E-state index contributed by atoms with van der Waals surface area (Å²) in [6, 6.07) is 0. The Hall–Kier alpha value is -1.39. The first-order valence-electron chi connectivity index (χ1n) is 8.11. The first-order valence-corrected chi connectivity index (χ1v) is 8.11. The maximum atomic E-state index is 11.6. The Kier molecular flexibility index (Phi) is 9.49. The fourth-order valence-electron chi connectivity index (χ4n) is 2.56. The molecule has 0 unspecified atom stereocenters. The van der Waals surface area contributed by atoms with E-state index in [2.05, 4.69) is 15.3 Å². The molecule has 1 fully saturated rings. The molecule has 0 aliphatic heterocycles. The van der Waals surface area contributed by atoms with Crippen LogP contribution in [0.3, 0.4) is 0 Å². The number of methoxy groups -OCH3 is 1. The molecule has 1 N–H and O–H groups in total. The Morgan fingerprint density at radius 2 is 1.76 bits per heavy atom. The van der Waals surface area contributed by atoms with Crippen LogP contribution in [0.5, 0.6) is 0 Å². The molecular formula is C16H28N2O3. The zero-order chi connectivity index (χ0) is 15.3. The van der Waals surface area contributed by atoms with Gasteiger partial charge in [0.2, 0.25) is 5.91 Å². The molecule has 1 rings (SSSR count). The highest BCUT2D eigenvalue weighted by atomic mass is 16.5. The van der Waals surface area contributed by atoms with Crippen LogP contribution in [0.1, 0.15) is 70.6 Å². The van der Waals surface area contributed by atoms with Crippen molar-refractivity contribution in [3.05, 3.63) is 0 Å². The highest BCUT2D eigenvalue weighted by Crippen LogP contribution is 2.21. The quantitative estimate of drug-likeness (QED) is 0.307. The minimum atomic E-state index is -0.162. The lowest BCUT2D eigenvalue weighted by molar-refractivity contribution is -0.140. The number of nitrogens with one attached hydrogen (secondary N) is 1.